The lowest BCUT2D eigenvalue weighted by Gasteiger charge is -2.36. The van der Waals surface area contributed by atoms with Gasteiger partial charge in [0.2, 0.25) is 0 Å². The van der Waals surface area contributed by atoms with E-state index in [4.69, 9.17) is 11.6 Å². The van der Waals surface area contributed by atoms with E-state index in [1.807, 2.05) is 6.92 Å². The fourth-order valence-corrected chi connectivity index (χ4v) is 4.71. The van der Waals surface area contributed by atoms with E-state index in [0.29, 0.717) is 26.2 Å². The van der Waals surface area contributed by atoms with Gasteiger partial charge in [0, 0.05) is 31.1 Å². The van der Waals surface area contributed by atoms with Gasteiger partial charge < -0.3 is 9.80 Å². The first-order valence-electron chi connectivity index (χ1n) is 9.23. The van der Waals surface area contributed by atoms with E-state index in [9.17, 15) is 9.18 Å². The number of thiophene rings is 1. The second-order valence-electron chi connectivity index (χ2n) is 6.76. The second kappa shape index (κ2) is 7.64. The molecule has 0 saturated carbocycles. The zero-order chi connectivity index (χ0) is 19.8. The smallest absolute Gasteiger partial charge is 0.258 e. The van der Waals surface area contributed by atoms with Crippen LogP contribution >= 0.6 is 22.9 Å². The van der Waals surface area contributed by atoms with Gasteiger partial charge in [-0.3, -0.25) is 4.79 Å². The highest BCUT2D eigenvalue weighted by atomic mass is 35.5. The number of aryl methyl sites for hydroxylation is 2. The number of anilines is 1. The predicted molar refractivity (Wildman–Crippen MR) is 111 cm³/mol. The first kappa shape index (κ1) is 19.1. The maximum atomic E-state index is 14.1. The van der Waals surface area contributed by atoms with E-state index in [-0.39, 0.29) is 16.5 Å². The lowest BCUT2D eigenvalue weighted by molar-refractivity contribution is 0.0742. The fourth-order valence-electron chi connectivity index (χ4n) is 3.46. The molecule has 0 bridgehead atoms. The van der Waals surface area contributed by atoms with Crippen molar-refractivity contribution in [2.24, 2.45) is 0 Å². The molecule has 1 aliphatic heterocycles. The third kappa shape index (κ3) is 3.44. The normalized spacial score (nSPS) is 14.7. The lowest BCUT2D eigenvalue weighted by atomic mass is 10.1. The molecule has 1 fully saturated rings. The number of amides is 1. The van der Waals surface area contributed by atoms with Crippen LogP contribution in [-0.4, -0.2) is 47.0 Å². The summed E-state index contributed by atoms with van der Waals surface area (Å²) in [7, 11) is 0. The zero-order valence-electron chi connectivity index (χ0n) is 15.7. The molecule has 1 aromatic carbocycles. The van der Waals surface area contributed by atoms with Gasteiger partial charge in [0.1, 0.15) is 22.3 Å². The van der Waals surface area contributed by atoms with Crippen LogP contribution in [0.4, 0.5) is 10.2 Å². The van der Waals surface area contributed by atoms with Gasteiger partial charge in [0.15, 0.2) is 0 Å². The summed E-state index contributed by atoms with van der Waals surface area (Å²) in [5.41, 5.74) is -0.0525. The number of fused-ring (bicyclic) bond motifs is 1. The van der Waals surface area contributed by atoms with Crippen molar-refractivity contribution < 1.29 is 9.18 Å². The van der Waals surface area contributed by atoms with Gasteiger partial charge in [-0.2, -0.15) is 0 Å². The first-order chi connectivity index (χ1) is 13.5. The predicted octanol–water partition coefficient (Wildman–Crippen LogP) is 4.32. The molecule has 0 aliphatic carbocycles. The maximum absolute atomic E-state index is 14.1. The Labute approximate surface area is 171 Å². The molecular weight excluding hydrogens is 399 g/mol. The van der Waals surface area contributed by atoms with Crippen LogP contribution < -0.4 is 4.90 Å². The molecule has 4 rings (SSSR count). The summed E-state index contributed by atoms with van der Waals surface area (Å²) in [6, 6.07) is 6.46. The Balaban J connectivity index is 1.56. The number of carbonyl (C=O) groups excluding carboxylic acids is 1. The number of benzene rings is 1. The van der Waals surface area contributed by atoms with Crippen molar-refractivity contribution in [1.29, 1.82) is 0 Å². The molecule has 1 aliphatic rings. The molecule has 28 heavy (non-hydrogen) atoms. The Kier molecular flexibility index (Phi) is 5.21. The van der Waals surface area contributed by atoms with Crippen LogP contribution in [0, 0.1) is 12.7 Å². The summed E-state index contributed by atoms with van der Waals surface area (Å²) >= 11 is 7.75. The largest absolute Gasteiger partial charge is 0.352 e. The molecule has 0 spiro atoms. The molecule has 2 aromatic heterocycles. The number of rotatable bonds is 3. The summed E-state index contributed by atoms with van der Waals surface area (Å²) in [5, 5.41) is 1.20. The van der Waals surface area contributed by atoms with Crippen LogP contribution in [0.25, 0.3) is 10.2 Å². The quantitative estimate of drug-likeness (QED) is 0.635. The molecule has 3 aromatic rings. The summed E-state index contributed by atoms with van der Waals surface area (Å²) in [5.74, 6) is 0.701. The van der Waals surface area contributed by atoms with E-state index in [2.05, 4.69) is 27.9 Å². The molecule has 146 valence electrons. The number of halogens is 2. The molecule has 1 saturated heterocycles. The summed E-state index contributed by atoms with van der Waals surface area (Å²) < 4.78 is 14.1. The molecule has 0 radical (unpaired) electrons. The standard InChI is InChI=1S/C20H20ClFN4OS/c1-3-13-11-14-18(23-12(2)24-19(14)28-13)25-7-9-26(10-8-25)20(27)17-15(21)5-4-6-16(17)22/h4-6,11H,3,7-10H2,1-2H3. The Morgan fingerprint density at radius 3 is 2.68 bits per heavy atom. The molecule has 3 heterocycles. The minimum Gasteiger partial charge on any atom is -0.352 e. The average molecular weight is 419 g/mol. The molecule has 8 heteroatoms. The minimum atomic E-state index is -0.585. The van der Waals surface area contributed by atoms with Crippen molar-refractivity contribution in [3.05, 3.63) is 51.4 Å². The molecular formula is C20H20ClFN4OS. The van der Waals surface area contributed by atoms with E-state index in [1.54, 1.807) is 16.2 Å². The zero-order valence-corrected chi connectivity index (χ0v) is 17.3. The van der Waals surface area contributed by atoms with E-state index < -0.39 is 5.82 Å². The first-order valence-corrected chi connectivity index (χ1v) is 10.4. The third-order valence-electron chi connectivity index (χ3n) is 4.93. The Morgan fingerprint density at radius 2 is 2.00 bits per heavy atom. The Hall–Kier alpha value is -2.25. The Morgan fingerprint density at radius 1 is 1.25 bits per heavy atom. The topological polar surface area (TPSA) is 49.3 Å². The number of aromatic nitrogens is 2. The summed E-state index contributed by atoms with van der Waals surface area (Å²) in [6.45, 7) is 6.25. The van der Waals surface area contributed by atoms with Gasteiger partial charge in [-0.1, -0.05) is 24.6 Å². The van der Waals surface area contributed by atoms with Gasteiger partial charge in [-0.15, -0.1) is 11.3 Å². The van der Waals surface area contributed by atoms with Crippen molar-refractivity contribution in [3.63, 3.8) is 0 Å². The van der Waals surface area contributed by atoms with Gasteiger partial charge in [0.05, 0.1) is 16.0 Å². The molecule has 1 amide bonds. The summed E-state index contributed by atoms with van der Waals surface area (Å²) in [6.07, 6.45) is 0.963. The number of carbonyl (C=O) groups is 1. The van der Waals surface area contributed by atoms with E-state index >= 15 is 0 Å². The highest BCUT2D eigenvalue weighted by Crippen LogP contribution is 2.32. The number of hydrogen-bond acceptors (Lipinski definition) is 5. The highest BCUT2D eigenvalue weighted by molar-refractivity contribution is 7.18. The molecule has 5 nitrogen and oxygen atoms in total. The lowest BCUT2D eigenvalue weighted by Crippen LogP contribution is -2.49. The maximum Gasteiger partial charge on any atom is 0.258 e. The minimum absolute atomic E-state index is 0.0525. The molecule has 0 unspecified atom stereocenters. The second-order valence-corrected chi connectivity index (χ2v) is 8.28. The third-order valence-corrected chi connectivity index (χ3v) is 6.42. The van der Waals surface area contributed by atoms with Crippen molar-refractivity contribution >= 4 is 44.9 Å². The average Bonchev–Trinajstić information content (AvgIpc) is 3.10. The van der Waals surface area contributed by atoms with Gasteiger partial charge in [-0.05, 0) is 31.5 Å². The number of hydrogen-bond donors (Lipinski definition) is 0. The van der Waals surface area contributed by atoms with Crippen molar-refractivity contribution in [2.45, 2.75) is 20.3 Å². The highest BCUT2D eigenvalue weighted by Gasteiger charge is 2.27. The van der Waals surface area contributed by atoms with Crippen LogP contribution in [-0.2, 0) is 6.42 Å². The molecule has 0 atom stereocenters. The van der Waals surface area contributed by atoms with Crippen LogP contribution in [0.15, 0.2) is 24.3 Å². The number of piperazine rings is 1. The van der Waals surface area contributed by atoms with Crippen molar-refractivity contribution in [1.82, 2.24) is 14.9 Å². The SMILES string of the molecule is CCc1cc2c(N3CCN(C(=O)c4c(F)cccc4Cl)CC3)nc(C)nc2s1. The van der Waals surface area contributed by atoms with E-state index in [1.165, 1.54) is 23.1 Å². The fraction of sp³-hybridized carbons (Fsp3) is 0.350. The summed E-state index contributed by atoms with van der Waals surface area (Å²) in [4.78, 5) is 28.1. The van der Waals surface area contributed by atoms with Gasteiger partial charge >= 0.3 is 0 Å². The van der Waals surface area contributed by atoms with Crippen LogP contribution in [0.3, 0.4) is 0 Å². The number of nitrogens with zero attached hydrogens (tertiary/aromatic N) is 4. The monoisotopic (exact) mass is 418 g/mol. The van der Waals surface area contributed by atoms with Crippen LogP contribution in [0.1, 0.15) is 28.0 Å². The van der Waals surface area contributed by atoms with E-state index in [0.717, 1.165) is 28.3 Å². The van der Waals surface area contributed by atoms with Gasteiger partial charge in [-0.25, -0.2) is 14.4 Å². The van der Waals surface area contributed by atoms with Crippen LogP contribution in [0.2, 0.25) is 5.02 Å². The van der Waals surface area contributed by atoms with Crippen molar-refractivity contribution in [3.8, 4) is 0 Å². The Bertz CT molecular complexity index is 1030. The molecule has 0 N–H and O–H groups in total. The van der Waals surface area contributed by atoms with Gasteiger partial charge in [0.25, 0.3) is 5.91 Å². The van der Waals surface area contributed by atoms with Crippen molar-refractivity contribution in [2.75, 3.05) is 31.1 Å². The van der Waals surface area contributed by atoms with Crippen LogP contribution in [0.5, 0.6) is 0 Å².